The molecule has 2 heterocycles. The number of halogens is 1. The molecule has 0 atom stereocenters. The number of hydrogen-bond acceptors (Lipinski definition) is 9. The van der Waals surface area contributed by atoms with Gasteiger partial charge in [-0.15, -0.1) is 0 Å². The minimum atomic E-state index is -0.758. The second-order valence-electron chi connectivity index (χ2n) is 5.56. The zero-order valence-electron chi connectivity index (χ0n) is 15.0. The number of carbonyl (C=O) groups is 2. The minimum absolute atomic E-state index is 0.237. The molecule has 13 heteroatoms. The van der Waals surface area contributed by atoms with Gasteiger partial charge < -0.3 is 0 Å². The summed E-state index contributed by atoms with van der Waals surface area (Å²) in [6.07, 6.45) is 3.85. The van der Waals surface area contributed by atoms with E-state index in [0.717, 1.165) is 6.33 Å². The third kappa shape index (κ3) is 4.82. The Morgan fingerprint density at radius 3 is 2.23 bits per heavy atom. The maximum atomic E-state index is 12.3. The van der Waals surface area contributed by atoms with Gasteiger partial charge in [-0.3, -0.25) is 46.4 Å². The molecule has 0 saturated heterocycles. The highest BCUT2D eigenvalue weighted by molar-refractivity contribution is 9.10. The molecule has 0 radical (unpaired) electrons. The molecule has 2 aromatic heterocycles. The molecule has 2 amide bonds. The smallest absolute Gasteiger partial charge is 0.276 e. The van der Waals surface area contributed by atoms with Crippen LogP contribution >= 0.6 is 15.9 Å². The van der Waals surface area contributed by atoms with Gasteiger partial charge in [0.2, 0.25) is 11.6 Å². The first-order chi connectivity index (χ1) is 14.5. The first kappa shape index (κ1) is 20.6. The Kier molecular flexibility index (Phi) is 6.44. The van der Waals surface area contributed by atoms with E-state index in [1.165, 1.54) is 18.5 Å². The molecule has 0 bridgehead atoms. The summed E-state index contributed by atoms with van der Waals surface area (Å²) in [6.45, 7) is 0. The fourth-order valence-electron chi connectivity index (χ4n) is 2.25. The first-order valence-electron chi connectivity index (χ1n) is 8.24. The average molecular weight is 473 g/mol. The van der Waals surface area contributed by atoms with E-state index in [9.17, 15) is 19.7 Å². The van der Waals surface area contributed by atoms with Gasteiger partial charge in [-0.25, -0.2) is 9.97 Å². The SMILES string of the molecule is O=C(NNc1ncnc(NNC(=O)c2ccccc2Br)c1[N+](=O)[O-])c1cccnc1. The zero-order valence-corrected chi connectivity index (χ0v) is 16.6. The Morgan fingerprint density at radius 1 is 0.967 bits per heavy atom. The third-order valence-electron chi connectivity index (χ3n) is 3.64. The summed E-state index contributed by atoms with van der Waals surface area (Å²) in [5, 5.41) is 11.5. The predicted octanol–water partition coefficient (Wildman–Crippen LogP) is 2.06. The average Bonchev–Trinajstić information content (AvgIpc) is 2.76. The molecule has 0 saturated carbocycles. The van der Waals surface area contributed by atoms with Crippen molar-refractivity contribution in [2.45, 2.75) is 0 Å². The molecule has 0 unspecified atom stereocenters. The van der Waals surface area contributed by atoms with Crippen LogP contribution in [0.5, 0.6) is 0 Å². The van der Waals surface area contributed by atoms with E-state index in [2.05, 4.69) is 52.6 Å². The van der Waals surface area contributed by atoms with Crippen molar-refractivity contribution >= 4 is 45.1 Å². The lowest BCUT2D eigenvalue weighted by molar-refractivity contribution is -0.383. The molecule has 4 N–H and O–H groups in total. The highest BCUT2D eigenvalue weighted by Gasteiger charge is 2.24. The van der Waals surface area contributed by atoms with Crippen molar-refractivity contribution in [3.63, 3.8) is 0 Å². The maximum Gasteiger partial charge on any atom is 0.356 e. The largest absolute Gasteiger partial charge is 0.356 e. The molecule has 152 valence electrons. The monoisotopic (exact) mass is 472 g/mol. The molecule has 3 rings (SSSR count). The van der Waals surface area contributed by atoms with Crippen LogP contribution in [0.2, 0.25) is 0 Å². The second kappa shape index (κ2) is 9.38. The van der Waals surface area contributed by atoms with Crippen LogP contribution in [0.25, 0.3) is 0 Å². The molecule has 0 fully saturated rings. The molecule has 0 aliphatic rings. The number of rotatable bonds is 7. The summed E-state index contributed by atoms with van der Waals surface area (Å²) in [7, 11) is 0. The van der Waals surface area contributed by atoms with Crippen molar-refractivity contribution in [1.82, 2.24) is 25.8 Å². The molecule has 0 aliphatic heterocycles. The number of carbonyl (C=O) groups excluding carboxylic acids is 2. The number of benzene rings is 1. The standard InChI is InChI=1S/C17H13BrN8O4/c18-12-6-2-1-5-11(12)17(28)25-23-15-13(26(29)30)14(20-9-21-15)22-24-16(27)10-4-3-7-19-8-10/h1-9H,(H,24,27)(H,25,28)(H2,20,21,22,23). The second-order valence-corrected chi connectivity index (χ2v) is 6.41. The van der Waals surface area contributed by atoms with Crippen molar-refractivity contribution in [3.8, 4) is 0 Å². The van der Waals surface area contributed by atoms with Gasteiger partial charge in [0, 0.05) is 16.9 Å². The molecule has 1 aromatic carbocycles. The van der Waals surface area contributed by atoms with Gasteiger partial charge in [0.1, 0.15) is 6.33 Å². The van der Waals surface area contributed by atoms with E-state index in [1.54, 1.807) is 30.3 Å². The Hall–Kier alpha value is -4.13. The number of aromatic nitrogens is 3. The number of pyridine rings is 1. The Bertz CT molecular complexity index is 1100. The molecular weight excluding hydrogens is 460 g/mol. The number of nitrogens with zero attached hydrogens (tertiary/aromatic N) is 4. The van der Waals surface area contributed by atoms with Crippen LogP contribution in [-0.2, 0) is 0 Å². The van der Waals surface area contributed by atoms with Crippen molar-refractivity contribution in [3.05, 3.63) is 80.8 Å². The normalized spacial score (nSPS) is 10.0. The molecule has 0 spiro atoms. The lowest BCUT2D eigenvalue weighted by Crippen LogP contribution is -2.32. The lowest BCUT2D eigenvalue weighted by Gasteiger charge is -2.12. The van der Waals surface area contributed by atoms with Gasteiger partial charge in [0.15, 0.2) is 0 Å². The van der Waals surface area contributed by atoms with E-state index in [-0.39, 0.29) is 17.2 Å². The quantitative estimate of drug-likeness (QED) is 0.297. The van der Waals surface area contributed by atoms with E-state index >= 15 is 0 Å². The predicted molar refractivity (Wildman–Crippen MR) is 109 cm³/mol. The third-order valence-corrected chi connectivity index (χ3v) is 4.33. The van der Waals surface area contributed by atoms with Crippen molar-refractivity contribution in [1.29, 1.82) is 0 Å². The van der Waals surface area contributed by atoms with Crippen LogP contribution in [0.4, 0.5) is 17.3 Å². The first-order valence-corrected chi connectivity index (χ1v) is 9.03. The summed E-state index contributed by atoms with van der Waals surface area (Å²) in [6, 6.07) is 9.73. The topological polar surface area (TPSA) is 164 Å². The molecular formula is C17H13BrN8O4. The number of hydrazine groups is 2. The number of nitro groups is 1. The summed E-state index contributed by atoms with van der Waals surface area (Å²) < 4.78 is 0.543. The van der Waals surface area contributed by atoms with E-state index in [0.29, 0.717) is 10.0 Å². The van der Waals surface area contributed by atoms with Crippen molar-refractivity contribution < 1.29 is 14.5 Å². The highest BCUT2D eigenvalue weighted by Crippen LogP contribution is 2.28. The fourth-order valence-corrected chi connectivity index (χ4v) is 2.71. The summed E-state index contributed by atoms with van der Waals surface area (Å²) in [5.41, 5.74) is 9.37. The van der Waals surface area contributed by atoms with Crippen LogP contribution < -0.4 is 21.7 Å². The molecule has 0 aliphatic carbocycles. The van der Waals surface area contributed by atoms with Crippen molar-refractivity contribution in [2.24, 2.45) is 0 Å². The van der Waals surface area contributed by atoms with Crippen LogP contribution in [0.15, 0.2) is 59.6 Å². The number of hydrogen-bond donors (Lipinski definition) is 4. The highest BCUT2D eigenvalue weighted by atomic mass is 79.9. The van der Waals surface area contributed by atoms with Crippen LogP contribution in [0.1, 0.15) is 20.7 Å². The Labute approximate surface area is 177 Å². The van der Waals surface area contributed by atoms with Gasteiger partial charge >= 0.3 is 5.69 Å². The Morgan fingerprint density at radius 2 is 1.63 bits per heavy atom. The number of anilines is 2. The van der Waals surface area contributed by atoms with Gasteiger partial charge in [0.25, 0.3) is 11.8 Å². The zero-order chi connectivity index (χ0) is 21.5. The van der Waals surface area contributed by atoms with Gasteiger partial charge in [-0.1, -0.05) is 12.1 Å². The van der Waals surface area contributed by atoms with Crippen LogP contribution in [0, 0.1) is 10.1 Å². The summed E-state index contributed by atoms with van der Waals surface area (Å²) in [4.78, 5) is 46.5. The minimum Gasteiger partial charge on any atom is -0.276 e. The van der Waals surface area contributed by atoms with Crippen LogP contribution in [-0.4, -0.2) is 31.7 Å². The van der Waals surface area contributed by atoms with Crippen LogP contribution in [0.3, 0.4) is 0 Å². The van der Waals surface area contributed by atoms with Crippen molar-refractivity contribution in [2.75, 3.05) is 10.9 Å². The maximum absolute atomic E-state index is 12.3. The summed E-state index contributed by atoms with van der Waals surface area (Å²) >= 11 is 3.25. The Balaban J connectivity index is 1.74. The van der Waals surface area contributed by atoms with Gasteiger partial charge in [-0.2, -0.15) is 0 Å². The van der Waals surface area contributed by atoms with Gasteiger partial charge in [0.05, 0.1) is 16.1 Å². The molecule has 12 nitrogen and oxygen atoms in total. The summed E-state index contributed by atoms with van der Waals surface area (Å²) in [5.74, 6) is -1.69. The molecule has 3 aromatic rings. The van der Waals surface area contributed by atoms with E-state index in [1.807, 2.05) is 0 Å². The van der Waals surface area contributed by atoms with Gasteiger partial charge in [-0.05, 0) is 40.2 Å². The number of amides is 2. The molecule has 30 heavy (non-hydrogen) atoms. The lowest BCUT2D eigenvalue weighted by atomic mass is 10.2. The van der Waals surface area contributed by atoms with E-state index < -0.39 is 22.4 Å². The van der Waals surface area contributed by atoms with E-state index in [4.69, 9.17) is 0 Å². The fraction of sp³-hybridized carbons (Fsp3) is 0. The number of nitrogens with one attached hydrogen (secondary N) is 4.